The van der Waals surface area contributed by atoms with Gasteiger partial charge in [0.2, 0.25) is 0 Å². The average molecular weight is 470 g/mol. The zero-order valence-electron chi connectivity index (χ0n) is 21.1. The standard InChI is InChI=1S/C25H35N5O4/c1-24(2,3)33-22(31)28-13-8-17(9-14-28)21-18-10-15-29(23(32)34-25(4,5)6)16-11-19(18)27-20-7-12-26-30(20)21/h7-8,12H,9-11,13-16H2,1-6H3. The van der Waals surface area contributed by atoms with Gasteiger partial charge in [-0.05, 0) is 60.0 Å². The first kappa shape index (κ1) is 24.0. The van der Waals surface area contributed by atoms with Gasteiger partial charge in [0.1, 0.15) is 11.2 Å². The Morgan fingerprint density at radius 2 is 1.50 bits per heavy atom. The van der Waals surface area contributed by atoms with Gasteiger partial charge < -0.3 is 19.3 Å². The summed E-state index contributed by atoms with van der Waals surface area (Å²) < 4.78 is 13.0. The van der Waals surface area contributed by atoms with Crippen LogP contribution in [0.1, 0.15) is 64.9 Å². The van der Waals surface area contributed by atoms with Crippen molar-refractivity contribution < 1.29 is 19.1 Å². The first-order valence-corrected chi connectivity index (χ1v) is 11.9. The molecule has 0 N–H and O–H groups in total. The van der Waals surface area contributed by atoms with Crippen LogP contribution in [0.4, 0.5) is 9.59 Å². The first-order chi connectivity index (χ1) is 15.9. The van der Waals surface area contributed by atoms with E-state index in [-0.39, 0.29) is 12.2 Å². The van der Waals surface area contributed by atoms with Crippen LogP contribution < -0.4 is 0 Å². The van der Waals surface area contributed by atoms with Crippen molar-refractivity contribution in [1.82, 2.24) is 24.4 Å². The summed E-state index contributed by atoms with van der Waals surface area (Å²) in [6.07, 6.45) is 5.26. The number of hydrogen-bond acceptors (Lipinski definition) is 6. The Morgan fingerprint density at radius 3 is 2.12 bits per heavy atom. The summed E-state index contributed by atoms with van der Waals surface area (Å²) in [7, 11) is 0. The van der Waals surface area contributed by atoms with E-state index in [0.717, 1.165) is 28.2 Å². The first-order valence-electron chi connectivity index (χ1n) is 11.9. The van der Waals surface area contributed by atoms with Crippen LogP contribution in [0.3, 0.4) is 0 Å². The lowest BCUT2D eigenvalue weighted by molar-refractivity contribution is 0.0252. The molecule has 184 valence electrons. The third kappa shape index (κ3) is 5.34. The molecule has 2 aromatic rings. The zero-order chi connectivity index (χ0) is 24.7. The molecule has 0 spiro atoms. The van der Waals surface area contributed by atoms with Gasteiger partial charge >= 0.3 is 12.2 Å². The fourth-order valence-electron chi connectivity index (χ4n) is 4.31. The van der Waals surface area contributed by atoms with E-state index in [1.807, 2.05) is 52.1 Å². The van der Waals surface area contributed by atoms with E-state index in [4.69, 9.17) is 14.5 Å². The fourth-order valence-corrected chi connectivity index (χ4v) is 4.31. The molecule has 0 radical (unpaired) electrons. The molecule has 0 saturated heterocycles. The number of fused-ring (bicyclic) bond motifs is 2. The number of amides is 2. The van der Waals surface area contributed by atoms with E-state index < -0.39 is 11.2 Å². The van der Waals surface area contributed by atoms with Crippen LogP contribution in [0, 0.1) is 0 Å². The summed E-state index contributed by atoms with van der Waals surface area (Å²) in [6.45, 7) is 13.4. The molecule has 2 amide bonds. The van der Waals surface area contributed by atoms with Gasteiger partial charge in [0, 0.05) is 44.2 Å². The summed E-state index contributed by atoms with van der Waals surface area (Å²) in [5.74, 6) is 0. The van der Waals surface area contributed by atoms with Gasteiger partial charge in [0.25, 0.3) is 0 Å². The second-order valence-electron chi connectivity index (χ2n) is 10.9. The zero-order valence-corrected chi connectivity index (χ0v) is 21.1. The van der Waals surface area contributed by atoms with Gasteiger partial charge in [-0.2, -0.15) is 5.10 Å². The van der Waals surface area contributed by atoms with Crippen LogP contribution in [-0.2, 0) is 22.3 Å². The van der Waals surface area contributed by atoms with Crippen LogP contribution in [0.5, 0.6) is 0 Å². The topological polar surface area (TPSA) is 89.3 Å². The van der Waals surface area contributed by atoms with E-state index >= 15 is 0 Å². The van der Waals surface area contributed by atoms with Crippen LogP contribution in [0.2, 0.25) is 0 Å². The highest BCUT2D eigenvalue weighted by Crippen LogP contribution is 2.30. The number of rotatable bonds is 1. The van der Waals surface area contributed by atoms with Crippen LogP contribution in [-0.4, -0.2) is 74.0 Å². The lowest BCUT2D eigenvalue weighted by Gasteiger charge is -2.30. The number of ether oxygens (including phenoxy) is 2. The molecule has 0 aromatic carbocycles. The molecule has 4 rings (SSSR count). The summed E-state index contributed by atoms with van der Waals surface area (Å²) >= 11 is 0. The largest absolute Gasteiger partial charge is 0.444 e. The van der Waals surface area contributed by atoms with Gasteiger partial charge in [-0.3, -0.25) is 0 Å². The van der Waals surface area contributed by atoms with Crippen molar-refractivity contribution >= 4 is 23.4 Å². The predicted molar refractivity (Wildman–Crippen MR) is 129 cm³/mol. The van der Waals surface area contributed by atoms with Crippen molar-refractivity contribution in [3.8, 4) is 0 Å². The molecule has 0 atom stereocenters. The second kappa shape index (κ2) is 8.92. The van der Waals surface area contributed by atoms with Crippen LogP contribution >= 0.6 is 0 Å². The Hall–Kier alpha value is -3.10. The predicted octanol–water partition coefficient (Wildman–Crippen LogP) is 4.09. The Labute approximate surface area is 200 Å². The Balaban J connectivity index is 1.60. The number of hydrogen-bond donors (Lipinski definition) is 0. The number of carbonyl (C=O) groups excluding carboxylic acids is 2. The second-order valence-corrected chi connectivity index (χ2v) is 10.9. The van der Waals surface area contributed by atoms with E-state index in [1.54, 1.807) is 16.0 Å². The molecule has 2 aliphatic rings. The smallest absolute Gasteiger partial charge is 0.410 e. The molecule has 0 aliphatic carbocycles. The molecule has 9 heteroatoms. The third-order valence-corrected chi connectivity index (χ3v) is 5.79. The molecule has 9 nitrogen and oxygen atoms in total. The molecule has 34 heavy (non-hydrogen) atoms. The molecule has 0 fully saturated rings. The molecular formula is C25H35N5O4. The minimum atomic E-state index is -0.534. The fraction of sp³-hybridized carbons (Fsp3) is 0.600. The number of nitrogens with zero attached hydrogens (tertiary/aromatic N) is 5. The molecule has 0 saturated carbocycles. The van der Waals surface area contributed by atoms with E-state index in [2.05, 4.69) is 11.2 Å². The monoisotopic (exact) mass is 469 g/mol. The molecule has 2 aromatic heterocycles. The normalized spacial score (nSPS) is 17.2. The van der Waals surface area contributed by atoms with Gasteiger partial charge in [0.15, 0.2) is 5.65 Å². The minimum absolute atomic E-state index is 0.295. The van der Waals surface area contributed by atoms with Gasteiger partial charge in [-0.1, -0.05) is 6.08 Å². The highest BCUT2D eigenvalue weighted by molar-refractivity contribution is 5.74. The van der Waals surface area contributed by atoms with Gasteiger partial charge in [0.05, 0.1) is 17.6 Å². The van der Waals surface area contributed by atoms with Crippen molar-refractivity contribution in [2.45, 2.75) is 72.0 Å². The highest BCUT2D eigenvalue weighted by atomic mass is 16.6. The molecule has 0 bridgehead atoms. The molecule has 4 heterocycles. The molecule has 2 aliphatic heterocycles. The Morgan fingerprint density at radius 1 is 0.882 bits per heavy atom. The van der Waals surface area contributed by atoms with E-state index in [9.17, 15) is 9.59 Å². The van der Waals surface area contributed by atoms with Crippen LogP contribution in [0.25, 0.3) is 11.2 Å². The lowest BCUT2D eigenvalue weighted by atomic mass is 9.96. The Kier molecular flexibility index (Phi) is 6.31. The number of carbonyl (C=O) groups is 2. The lowest BCUT2D eigenvalue weighted by Crippen LogP contribution is -2.39. The summed E-state index contributed by atoms with van der Waals surface area (Å²) in [5.41, 5.74) is 3.99. The molecule has 0 unspecified atom stereocenters. The van der Waals surface area contributed by atoms with Gasteiger partial charge in [-0.15, -0.1) is 0 Å². The quantitative estimate of drug-likeness (QED) is 0.625. The van der Waals surface area contributed by atoms with Crippen molar-refractivity contribution in [1.29, 1.82) is 0 Å². The summed E-state index contributed by atoms with van der Waals surface area (Å²) in [5, 5.41) is 4.54. The maximum atomic E-state index is 12.7. The van der Waals surface area contributed by atoms with Crippen molar-refractivity contribution in [3.05, 3.63) is 35.3 Å². The summed E-state index contributed by atoms with van der Waals surface area (Å²) in [6, 6.07) is 1.90. The van der Waals surface area contributed by atoms with Crippen molar-refractivity contribution in [2.24, 2.45) is 0 Å². The minimum Gasteiger partial charge on any atom is -0.444 e. The molecular weight excluding hydrogens is 434 g/mol. The van der Waals surface area contributed by atoms with Crippen molar-refractivity contribution in [3.63, 3.8) is 0 Å². The van der Waals surface area contributed by atoms with E-state index in [0.29, 0.717) is 45.4 Å². The third-order valence-electron chi connectivity index (χ3n) is 5.79. The summed E-state index contributed by atoms with van der Waals surface area (Å²) in [4.78, 5) is 33.5. The average Bonchev–Trinajstić information content (AvgIpc) is 3.08. The number of aromatic nitrogens is 3. The van der Waals surface area contributed by atoms with E-state index in [1.165, 1.54) is 0 Å². The SMILES string of the molecule is CC(C)(C)OC(=O)N1CC=C(c2c3c(nc4ccnn24)CCN(C(=O)OC(C)(C)C)CC3)CC1. The highest BCUT2D eigenvalue weighted by Gasteiger charge is 2.29. The Bertz CT molecular complexity index is 1120. The van der Waals surface area contributed by atoms with Gasteiger partial charge in [-0.25, -0.2) is 19.1 Å². The maximum absolute atomic E-state index is 12.7. The van der Waals surface area contributed by atoms with Crippen molar-refractivity contribution in [2.75, 3.05) is 26.2 Å². The maximum Gasteiger partial charge on any atom is 0.410 e. The van der Waals surface area contributed by atoms with Crippen LogP contribution in [0.15, 0.2) is 18.3 Å².